The lowest BCUT2D eigenvalue weighted by molar-refractivity contribution is -0.117. The molecule has 3 aromatic rings. The minimum absolute atomic E-state index is 0.0101. The molecule has 16 N–H and O–H groups in total. The maximum Gasteiger partial charge on any atom is 0.255 e. The van der Waals surface area contributed by atoms with Gasteiger partial charge in [0, 0.05) is 61.7 Å². The summed E-state index contributed by atoms with van der Waals surface area (Å²) in [6, 6.07) is 14.1. The SMILES string of the molecule is CC(C)(C)c1cc(NC(=O)CCCCN=C(N)N)c(SCCN)c(NC(=O)c2cccc(C(=O)Nc3cc(C(C)(C)C)cc(NC(=O)CCCCN=C(N)N)c3SCCN)c2)c1. The molecule has 0 aliphatic heterocycles. The number of benzene rings is 3. The molecule has 0 aliphatic carbocycles. The molecule has 0 aliphatic rings. The van der Waals surface area contributed by atoms with Crippen molar-refractivity contribution in [2.75, 3.05) is 59.0 Å². The van der Waals surface area contributed by atoms with Gasteiger partial charge in [0.05, 0.1) is 32.5 Å². The Labute approximate surface area is 374 Å². The first kappa shape index (κ1) is 51.1. The molecular weight excluding hydrogens is 825 g/mol. The van der Waals surface area contributed by atoms with E-state index in [2.05, 4.69) is 31.3 Å². The number of amides is 4. The lowest BCUT2D eigenvalue weighted by Crippen LogP contribution is -2.23. The standard InChI is InChI=1S/C44H66N12O4S2/c1-43(2,3)29-23-31(53-35(57)14-7-9-18-51-41(47)48)37(61-20-16-45)33(25-29)55-39(59)27-12-11-13-28(22-27)40(60)56-34-26-30(44(4,5)6)24-32(38(34)62-21-17-46)54-36(58)15-8-10-19-52-42(49)50/h11-13,22-26H,7-10,14-21,45-46H2,1-6H3,(H,53,57)(H,54,58)(H,55,59)(H,56,60)(H4,47,48,51)(H4,49,50,52). The zero-order chi connectivity index (χ0) is 46.0. The Hall–Kier alpha value is -5.30. The fourth-order valence-corrected chi connectivity index (χ4v) is 7.66. The quantitative estimate of drug-likeness (QED) is 0.0253. The molecule has 0 fully saturated rings. The van der Waals surface area contributed by atoms with Crippen molar-refractivity contribution < 1.29 is 19.2 Å². The van der Waals surface area contributed by atoms with Crippen LogP contribution in [-0.4, -0.2) is 73.2 Å². The van der Waals surface area contributed by atoms with Gasteiger partial charge < -0.3 is 55.7 Å². The zero-order valence-electron chi connectivity index (χ0n) is 36.9. The summed E-state index contributed by atoms with van der Waals surface area (Å²) in [5.74, 6) is -0.189. The van der Waals surface area contributed by atoms with Gasteiger partial charge in [0.2, 0.25) is 11.8 Å². The smallest absolute Gasteiger partial charge is 0.255 e. The van der Waals surface area contributed by atoms with Crippen LogP contribution in [0.25, 0.3) is 0 Å². The Morgan fingerprint density at radius 2 is 0.903 bits per heavy atom. The number of carbonyl (C=O) groups excluding carboxylic acids is 4. The lowest BCUT2D eigenvalue weighted by atomic mass is 9.86. The van der Waals surface area contributed by atoms with E-state index >= 15 is 0 Å². The first-order valence-electron chi connectivity index (χ1n) is 20.7. The van der Waals surface area contributed by atoms with Crippen LogP contribution < -0.4 is 55.7 Å². The van der Waals surface area contributed by atoms with Crippen LogP contribution in [0.5, 0.6) is 0 Å². The molecule has 3 rings (SSSR count). The van der Waals surface area contributed by atoms with E-state index in [1.807, 2.05) is 65.8 Å². The van der Waals surface area contributed by atoms with Crippen molar-refractivity contribution in [3.8, 4) is 0 Å². The Balaban J connectivity index is 1.95. The van der Waals surface area contributed by atoms with Crippen LogP contribution in [0.4, 0.5) is 22.7 Å². The highest BCUT2D eigenvalue weighted by Gasteiger charge is 2.24. The van der Waals surface area contributed by atoms with E-state index in [1.54, 1.807) is 18.2 Å². The van der Waals surface area contributed by atoms with Crippen molar-refractivity contribution in [1.29, 1.82) is 0 Å². The molecule has 0 unspecified atom stereocenters. The minimum Gasteiger partial charge on any atom is -0.370 e. The van der Waals surface area contributed by atoms with Crippen LogP contribution in [0.15, 0.2) is 68.3 Å². The van der Waals surface area contributed by atoms with Gasteiger partial charge in [-0.3, -0.25) is 29.2 Å². The van der Waals surface area contributed by atoms with E-state index < -0.39 is 11.8 Å². The molecule has 0 radical (unpaired) electrons. The summed E-state index contributed by atoms with van der Waals surface area (Å²) in [6.07, 6.45) is 2.95. The fourth-order valence-electron chi connectivity index (χ4n) is 5.96. The molecular formula is C44H66N12O4S2. The topological polar surface area (TPSA) is 297 Å². The summed E-state index contributed by atoms with van der Waals surface area (Å²) < 4.78 is 0. The average molecular weight is 891 g/mol. The van der Waals surface area contributed by atoms with Gasteiger partial charge >= 0.3 is 0 Å². The highest BCUT2D eigenvalue weighted by Crippen LogP contribution is 2.41. The molecule has 0 heterocycles. The third kappa shape index (κ3) is 16.9. The number of guanidine groups is 2. The van der Waals surface area contributed by atoms with Gasteiger partial charge in [-0.2, -0.15) is 0 Å². The van der Waals surface area contributed by atoms with Crippen molar-refractivity contribution >= 4 is 81.8 Å². The number of aliphatic imine (C=N–C) groups is 2. The molecule has 18 heteroatoms. The summed E-state index contributed by atoms with van der Waals surface area (Å²) >= 11 is 2.85. The largest absolute Gasteiger partial charge is 0.370 e. The van der Waals surface area contributed by atoms with Crippen molar-refractivity contribution in [3.05, 3.63) is 70.8 Å². The van der Waals surface area contributed by atoms with Gasteiger partial charge in [0.1, 0.15) is 0 Å². The van der Waals surface area contributed by atoms with Crippen LogP contribution in [-0.2, 0) is 20.4 Å². The van der Waals surface area contributed by atoms with Gasteiger partial charge in [0.25, 0.3) is 11.8 Å². The van der Waals surface area contributed by atoms with Crippen LogP contribution in [0.3, 0.4) is 0 Å². The fraction of sp³-hybridized carbons (Fsp3) is 0.455. The van der Waals surface area contributed by atoms with Crippen LogP contribution in [0, 0.1) is 0 Å². The van der Waals surface area contributed by atoms with Gasteiger partial charge in [-0.05, 0) is 90.1 Å². The van der Waals surface area contributed by atoms with Gasteiger partial charge in [-0.25, -0.2) is 0 Å². The Bertz CT molecular complexity index is 1940. The number of rotatable bonds is 22. The van der Waals surface area contributed by atoms with Crippen LogP contribution in [0.1, 0.15) is 112 Å². The molecule has 16 nitrogen and oxygen atoms in total. The van der Waals surface area contributed by atoms with E-state index in [1.165, 1.54) is 29.6 Å². The number of nitrogens with two attached hydrogens (primary N) is 6. The molecule has 62 heavy (non-hydrogen) atoms. The summed E-state index contributed by atoms with van der Waals surface area (Å²) in [7, 11) is 0. The minimum atomic E-state index is -0.450. The third-order valence-corrected chi connectivity index (χ3v) is 11.6. The number of hydrogen-bond acceptors (Lipinski definition) is 10. The van der Waals surface area contributed by atoms with Crippen molar-refractivity contribution in [2.45, 2.75) is 101 Å². The molecule has 0 saturated heterocycles. The summed E-state index contributed by atoms with van der Waals surface area (Å²) in [4.78, 5) is 63.8. The second kappa shape index (κ2) is 24.4. The Morgan fingerprint density at radius 3 is 1.23 bits per heavy atom. The molecule has 0 atom stereocenters. The zero-order valence-corrected chi connectivity index (χ0v) is 38.5. The number of thioether (sulfide) groups is 2. The normalized spacial score (nSPS) is 11.4. The third-order valence-electron chi connectivity index (χ3n) is 9.28. The highest BCUT2D eigenvalue weighted by molar-refractivity contribution is 7.99. The summed E-state index contributed by atoms with van der Waals surface area (Å²) in [5, 5.41) is 12.2. The van der Waals surface area contributed by atoms with E-state index in [-0.39, 0.29) is 58.5 Å². The number of carbonyl (C=O) groups is 4. The molecule has 0 bridgehead atoms. The maximum atomic E-state index is 14.1. The highest BCUT2D eigenvalue weighted by atomic mass is 32.2. The lowest BCUT2D eigenvalue weighted by Gasteiger charge is -2.25. The van der Waals surface area contributed by atoms with Gasteiger partial charge in [0.15, 0.2) is 11.9 Å². The molecule has 0 spiro atoms. The summed E-state index contributed by atoms with van der Waals surface area (Å²) in [6.45, 7) is 13.9. The number of nitrogens with zero attached hydrogens (tertiary/aromatic N) is 2. The molecule has 338 valence electrons. The van der Waals surface area contributed by atoms with Crippen molar-refractivity contribution in [1.82, 2.24) is 0 Å². The molecule has 0 saturated carbocycles. The van der Waals surface area contributed by atoms with E-state index in [0.29, 0.717) is 95.9 Å². The molecule has 0 aromatic heterocycles. The van der Waals surface area contributed by atoms with Crippen molar-refractivity contribution in [3.63, 3.8) is 0 Å². The first-order valence-corrected chi connectivity index (χ1v) is 22.7. The number of unbranched alkanes of at least 4 members (excludes halogenated alkanes) is 2. The summed E-state index contributed by atoms with van der Waals surface area (Å²) in [5.41, 5.74) is 37.2. The number of anilines is 4. The van der Waals surface area contributed by atoms with E-state index in [0.717, 1.165) is 11.1 Å². The second-order valence-corrected chi connectivity index (χ2v) is 18.9. The molecule has 4 amide bonds. The van der Waals surface area contributed by atoms with Crippen LogP contribution >= 0.6 is 23.5 Å². The van der Waals surface area contributed by atoms with Gasteiger partial charge in [-0.15, -0.1) is 23.5 Å². The Kier molecular flexibility index (Phi) is 20.1. The second-order valence-electron chi connectivity index (χ2n) is 16.7. The number of nitrogens with one attached hydrogen (secondary N) is 4. The number of hydrogen-bond donors (Lipinski definition) is 10. The van der Waals surface area contributed by atoms with Gasteiger partial charge in [-0.1, -0.05) is 47.6 Å². The van der Waals surface area contributed by atoms with Crippen LogP contribution in [0.2, 0.25) is 0 Å². The molecule has 3 aromatic carbocycles. The van der Waals surface area contributed by atoms with E-state index in [9.17, 15) is 19.2 Å². The Morgan fingerprint density at radius 1 is 0.548 bits per heavy atom. The first-order chi connectivity index (χ1) is 29.2. The monoisotopic (exact) mass is 890 g/mol. The maximum absolute atomic E-state index is 14.1. The van der Waals surface area contributed by atoms with Crippen molar-refractivity contribution in [2.24, 2.45) is 44.4 Å². The average Bonchev–Trinajstić information content (AvgIpc) is 3.18. The van der Waals surface area contributed by atoms with E-state index in [4.69, 9.17) is 34.4 Å². The predicted octanol–water partition coefficient (Wildman–Crippen LogP) is 5.65. The predicted molar refractivity (Wildman–Crippen MR) is 259 cm³/mol.